The summed E-state index contributed by atoms with van der Waals surface area (Å²) in [6, 6.07) is 0. The topological polar surface area (TPSA) is 34.1 Å². The van der Waals surface area contributed by atoms with Crippen LogP contribution >= 0.6 is 0 Å². The normalized spacial score (nSPS) is 7.00. The van der Waals surface area contributed by atoms with Crippen LogP contribution < -0.4 is 31.3 Å². The van der Waals surface area contributed by atoms with Gasteiger partial charge < -0.3 is 12.4 Å². The number of hydrogen-bond donors (Lipinski definition) is 0. The monoisotopic (exact) mass is 198 g/mol. The molecule has 10 heavy (non-hydrogen) atoms. The average Bonchev–Trinajstić information content (AvgIpc) is 1.25. The smallest absolute Gasteiger partial charge is 1.00 e. The van der Waals surface area contributed by atoms with Crippen molar-refractivity contribution in [3.63, 3.8) is 0 Å². The fraction of sp³-hybridized carbons (Fsp3) is 1.00. The molecule has 0 rings (SSSR count). The van der Waals surface area contributed by atoms with Crippen molar-refractivity contribution >= 4 is 21.6 Å². The van der Waals surface area contributed by atoms with E-state index in [2.05, 4.69) is 0 Å². The first-order valence-electron chi connectivity index (χ1n) is 1.97. The van der Waals surface area contributed by atoms with Crippen molar-refractivity contribution in [3.05, 3.63) is 0 Å². The van der Waals surface area contributed by atoms with Gasteiger partial charge in [0.05, 0.1) is 0 Å². The summed E-state index contributed by atoms with van der Waals surface area (Å²) in [5.41, 5.74) is 0. The molecule has 0 bridgehead atoms. The quantitative estimate of drug-likeness (QED) is 0.364. The molecule has 0 atom stereocenters. The van der Waals surface area contributed by atoms with Crippen molar-refractivity contribution in [2.24, 2.45) is 0 Å². The fourth-order valence-electron chi connectivity index (χ4n) is 0. The molecule has 0 saturated carbocycles. The first-order valence-corrected chi connectivity index (χ1v) is 5.90. The van der Waals surface area contributed by atoms with Crippen LogP contribution in [0.5, 0.6) is 0 Å². The summed E-state index contributed by atoms with van der Waals surface area (Å²) in [5, 5.41) is 0. The molecule has 0 radical (unpaired) electrons. The molecular formula is C4H12ClLiO2S2. The summed E-state index contributed by atoms with van der Waals surface area (Å²) in [6.07, 6.45) is 6.56. The van der Waals surface area contributed by atoms with E-state index in [0.717, 1.165) is 0 Å². The van der Waals surface area contributed by atoms with E-state index in [-0.39, 0.29) is 31.3 Å². The Balaban J connectivity index is -0.0000000300. The van der Waals surface area contributed by atoms with Crippen LogP contribution in [0.2, 0.25) is 0 Å². The minimum Gasteiger partial charge on any atom is -1.00 e. The van der Waals surface area contributed by atoms with Crippen LogP contribution in [-0.4, -0.2) is 33.4 Å². The van der Waals surface area contributed by atoms with E-state index in [1.807, 2.05) is 0 Å². The van der Waals surface area contributed by atoms with E-state index >= 15 is 0 Å². The van der Waals surface area contributed by atoms with Gasteiger partial charge in [0.25, 0.3) is 0 Å². The van der Waals surface area contributed by atoms with E-state index in [1.54, 1.807) is 25.0 Å². The molecule has 0 spiro atoms. The molecule has 0 aliphatic heterocycles. The van der Waals surface area contributed by atoms with E-state index in [1.165, 1.54) is 0 Å². The van der Waals surface area contributed by atoms with Crippen LogP contribution in [0.15, 0.2) is 0 Å². The van der Waals surface area contributed by atoms with E-state index in [9.17, 15) is 8.42 Å². The number of rotatable bonds is 0. The molecule has 0 aromatic carbocycles. The predicted octanol–water partition coefficient (Wildman–Crippen LogP) is -6.00. The Morgan fingerprint density at radius 3 is 0.800 bits per heavy atom. The minimum absolute atomic E-state index is 0. The molecule has 0 N–H and O–H groups in total. The molecule has 0 aliphatic rings. The third-order valence-electron chi connectivity index (χ3n) is 0. The summed E-state index contributed by atoms with van der Waals surface area (Å²) >= 11 is 0. The molecule has 2 nitrogen and oxygen atoms in total. The Bertz CT molecular complexity index is 79.3. The second kappa shape index (κ2) is 16.6. The van der Waals surface area contributed by atoms with Crippen molar-refractivity contribution in [3.8, 4) is 0 Å². The Labute approximate surface area is 86.0 Å². The van der Waals surface area contributed by atoms with Crippen LogP contribution in [0.3, 0.4) is 0 Å². The summed E-state index contributed by atoms with van der Waals surface area (Å²) in [7, 11) is -1.22. The Kier molecular flexibility index (Phi) is 37.4. The Hall–Kier alpha value is 1.19. The van der Waals surface area contributed by atoms with Crippen molar-refractivity contribution in [2.75, 3.05) is 25.0 Å². The van der Waals surface area contributed by atoms with Gasteiger partial charge in [0.2, 0.25) is 0 Å². The zero-order chi connectivity index (χ0) is 7.15. The summed E-state index contributed by atoms with van der Waals surface area (Å²) < 4.78 is 19.1. The maximum absolute atomic E-state index is 9.56. The molecular weight excluding hydrogens is 187 g/mol. The standard InChI is InChI=1S/2C2H6OS.ClH.Li/c2*1-4(2)3;;/h2*1-2H3;1H;/q;;;+1/p-1. The van der Waals surface area contributed by atoms with Gasteiger partial charge in [0.15, 0.2) is 0 Å². The van der Waals surface area contributed by atoms with Gasteiger partial charge in [-0.25, -0.2) is 0 Å². The Morgan fingerprint density at radius 2 is 0.800 bits per heavy atom. The van der Waals surface area contributed by atoms with Crippen LogP contribution in [0.4, 0.5) is 0 Å². The van der Waals surface area contributed by atoms with Crippen molar-refractivity contribution < 1.29 is 39.7 Å². The zero-order valence-corrected chi connectivity index (χ0v) is 9.40. The van der Waals surface area contributed by atoms with Crippen molar-refractivity contribution in [1.29, 1.82) is 0 Å². The first kappa shape index (κ1) is 22.5. The molecule has 0 aliphatic carbocycles. The van der Waals surface area contributed by atoms with Gasteiger partial charge in [-0.2, -0.15) is 0 Å². The third-order valence-corrected chi connectivity index (χ3v) is 0. The molecule has 60 valence electrons. The third kappa shape index (κ3) is 437. The second-order valence-corrected chi connectivity index (χ2v) is 4.45. The predicted molar refractivity (Wildman–Crippen MR) is 40.0 cm³/mol. The number of halogens is 1. The van der Waals surface area contributed by atoms with Gasteiger partial charge in [-0.05, 0) is 0 Å². The number of hydrogen-bond acceptors (Lipinski definition) is 2. The van der Waals surface area contributed by atoms with E-state index < -0.39 is 21.6 Å². The summed E-state index contributed by atoms with van der Waals surface area (Å²) in [4.78, 5) is 0. The SMILES string of the molecule is CS(C)=O.CS(C)=O.[Cl-].[Li+]. The molecule has 0 heterocycles. The van der Waals surface area contributed by atoms with Gasteiger partial charge in [-0.15, -0.1) is 0 Å². The molecule has 0 amide bonds. The summed E-state index contributed by atoms with van der Waals surface area (Å²) in [5.74, 6) is 0. The van der Waals surface area contributed by atoms with Crippen LogP contribution in [0, 0.1) is 0 Å². The van der Waals surface area contributed by atoms with Gasteiger partial charge in [0.1, 0.15) is 0 Å². The maximum Gasteiger partial charge on any atom is 1.00 e. The zero-order valence-electron chi connectivity index (χ0n) is 7.01. The van der Waals surface area contributed by atoms with E-state index in [4.69, 9.17) is 0 Å². The Morgan fingerprint density at radius 1 is 0.800 bits per heavy atom. The molecule has 0 fully saturated rings. The maximum atomic E-state index is 9.56. The molecule has 0 unspecified atom stereocenters. The van der Waals surface area contributed by atoms with Crippen molar-refractivity contribution in [2.45, 2.75) is 0 Å². The first-order chi connectivity index (χ1) is 3.46. The molecule has 0 aromatic heterocycles. The molecule has 0 saturated heterocycles. The minimum atomic E-state index is -0.611. The fourth-order valence-corrected chi connectivity index (χ4v) is 0. The van der Waals surface area contributed by atoms with Gasteiger partial charge in [0, 0.05) is 46.6 Å². The second-order valence-electron chi connectivity index (χ2n) is 1.48. The van der Waals surface area contributed by atoms with Gasteiger partial charge in [-0.3, -0.25) is 8.42 Å². The molecule has 6 heteroatoms. The largest absolute Gasteiger partial charge is 1.00 e. The van der Waals surface area contributed by atoms with Crippen LogP contribution in [0.25, 0.3) is 0 Å². The average molecular weight is 199 g/mol. The van der Waals surface area contributed by atoms with Crippen LogP contribution in [0.1, 0.15) is 0 Å². The van der Waals surface area contributed by atoms with Crippen molar-refractivity contribution in [1.82, 2.24) is 0 Å². The van der Waals surface area contributed by atoms with Gasteiger partial charge in [-0.1, -0.05) is 0 Å². The van der Waals surface area contributed by atoms with Gasteiger partial charge >= 0.3 is 18.9 Å². The van der Waals surface area contributed by atoms with Crippen LogP contribution in [-0.2, 0) is 21.6 Å². The summed E-state index contributed by atoms with van der Waals surface area (Å²) in [6.45, 7) is 0. The van der Waals surface area contributed by atoms with E-state index in [0.29, 0.717) is 0 Å². The molecule has 0 aromatic rings.